The molecule has 6 rings (SSSR count). The first-order valence-electron chi connectivity index (χ1n) is 17.3. The van der Waals surface area contributed by atoms with Crippen molar-refractivity contribution in [2.24, 2.45) is 17.8 Å². The van der Waals surface area contributed by atoms with Gasteiger partial charge in [0.2, 0.25) is 0 Å². The van der Waals surface area contributed by atoms with Crippen LogP contribution in [0.4, 0.5) is 0 Å². The Labute approximate surface area is 290 Å². The summed E-state index contributed by atoms with van der Waals surface area (Å²) in [5, 5.41) is 0. The van der Waals surface area contributed by atoms with Crippen molar-refractivity contribution in [3.05, 3.63) is 241 Å². The summed E-state index contributed by atoms with van der Waals surface area (Å²) in [5.41, 5.74) is 4.16. The van der Waals surface area contributed by atoms with Gasteiger partial charge in [-0.3, -0.25) is 0 Å². The molecule has 0 aromatic heterocycles. The van der Waals surface area contributed by atoms with E-state index in [4.69, 9.17) is 0 Å². The summed E-state index contributed by atoms with van der Waals surface area (Å²) in [7, 11) is 0. The largest absolute Gasteiger partial charge is 0.0842 e. The second-order valence-corrected chi connectivity index (χ2v) is 11.9. The van der Waals surface area contributed by atoms with Gasteiger partial charge >= 0.3 is 0 Å². The van der Waals surface area contributed by atoms with E-state index < -0.39 is 0 Å². The van der Waals surface area contributed by atoms with Crippen molar-refractivity contribution >= 4 is 0 Å². The van der Waals surface area contributed by atoms with Crippen LogP contribution >= 0.6 is 0 Å². The fourth-order valence-corrected chi connectivity index (χ4v) is 5.50. The predicted molar refractivity (Wildman–Crippen MR) is 212 cm³/mol. The highest BCUT2D eigenvalue weighted by Gasteiger charge is 2.16. The lowest BCUT2D eigenvalue weighted by atomic mass is 9.83. The zero-order chi connectivity index (χ0) is 33.2. The van der Waals surface area contributed by atoms with Gasteiger partial charge < -0.3 is 0 Å². The third-order valence-corrected chi connectivity index (χ3v) is 8.04. The second-order valence-electron chi connectivity index (χ2n) is 11.9. The molecular weight excluding hydrogens is 577 g/mol. The molecule has 0 aliphatic heterocycles. The fraction of sp³-hybridized carbons (Fsp3) is 0.167. The smallest absolute Gasteiger partial charge is 0.00534 e. The van der Waals surface area contributed by atoms with Crippen LogP contribution in [0, 0.1) is 17.8 Å². The molecule has 4 aliphatic carbocycles. The Morgan fingerprint density at radius 2 is 0.896 bits per heavy atom. The maximum Gasteiger partial charge on any atom is 0.00534 e. The quantitative estimate of drug-likeness (QED) is 0.317. The molecule has 0 saturated heterocycles. The molecule has 0 spiro atoms. The lowest BCUT2D eigenvalue weighted by molar-refractivity contribution is 0.659. The Kier molecular flexibility index (Phi) is 17.2. The van der Waals surface area contributed by atoms with Crippen LogP contribution in [0.3, 0.4) is 0 Å². The van der Waals surface area contributed by atoms with Crippen LogP contribution in [0.2, 0.25) is 0 Å². The second kappa shape index (κ2) is 23.2. The molecule has 0 bridgehead atoms. The van der Waals surface area contributed by atoms with E-state index in [1.807, 2.05) is 24.3 Å². The van der Waals surface area contributed by atoms with E-state index >= 15 is 0 Å². The maximum atomic E-state index is 2.40. The third kappa shape index (κ3) is 15.4. The molecule has 0 radical (unpaired) electrons. The van der Waals surface area contributed by atoms with Crippen molar-refractivity contribution < 1.29 is 0 Å². The summed E-state index contributed by atoms with van der Waals surface area (Å²) in [4.78, 5) is 0. The molecule has 0 nitrogen and oxygen atoms in total. The van der Waals surface area contributed by atoms with E-state index in [0.29, 0.717) is 17.8 Å². The van der Waals surface area contributed by atoms with E-state index in [9.17, 15) is 0 Å². The minimum Gasteiger partial charge on any atom is -0.0842 e. The summed E-state index contributed by atoms with van der Waals surface area (Å²) >= 11 is 0. The van der Waals surface area contributed by atoms with Crippen LogP contribution < -0.4 is 0 Å². The van der Waals surface area contributed by atoms with E-state index in [1.165, 1.54) is 29.5 Å². The lowest BCUT2D eigenvalue weighted by Gasteiger charge is -2.21. The molecule has 0 fully saturated rings. The molecule has 0 amide bonds. The number of hydrogen-bond acceptors (Lipinski definition) is 0. The van der Waals surface area contributed by atoms with Crippen LogP contribution in [0.5, 0.6) is 0 Å². The summed E-state index contributed by atoms with van der Waals surface area (Å²) in [6.07, 6.45) is 63.6. The number of hydrogen-bond donors (Lipinski definition) is 0. The van der Waals surface area contributed by atoms with Crippen molar-refractivity contribution in [1.29, 1.82) is 0 Å². The van der Waals surface area contributed by atoms with Gasteiger partial charge in [0.05, 0.1) is 0 Å². The van der Waals surface area contributed by atoms with Crippen LogP contribution in [-0.2, 0) is 12.8 Å². The molecule has 3 unspecified atom stereocenters. The minimum atomic E-state index is 0.445. The lowest BCUT2D eigenvalue weighted by Crippen LogP contribution is -2.10. The molecule has 0 heteroatoms. The Bertz CT molecular complexity index is 1610. The highest BCUT2D eigenvalue weighted by Crippen LogP contribution is 2.27. The molecule has 48 heavy (non-hydrogen) atoms. The highest BCUT2D eigenvalue weighted by molar-refractivity contribution is 5.36. The predicted octanol–water partition coefficient (Wildman–Crippen LogP) is 12.7. The molecule has 3 atom stereocenters. The molecule has 0 N–H and O–H groups in total. The summed E-state index contributed by atoms with van der Waals surface area (Å²) in [6, 6.07) is 21.4. The highest BCUT2D eigenvalue weighted by atomic mass is 14.2. The Morgan fingerprint density at radius 1 is 0.417 bits per heavy atom. The van der Waals surface area contributed by atoms with Gasteiger partial charge in [0.1, 0.15) is 0 Å². The Balaban J connectivity index is 0.000000185. The van der Waals surface area contributed by atoms with Gasteiger partial charge in [0.15, 0.2) is 0 Å². The number of allylic oxidation sites excluding steroid dienone is 28. The first-order valence-corrected chi connectivity index (χ1v) is 17.3. The SMILES string of the molecule is C1=CC2/C=C/C=C\C=C/C=C\C2C=C1Cc1ccccc1.C1=CCCC=C1.C1=C\C=C\C=C\CC(Cc2ccccc2)\C=C\C=C\C=C/1. The van der Waals surface area contributed by atoms with Gasteiger partial charge in [-0.1, -0.05) is 225 Å². The van der Waals surface area contributed by atoms with Crippen molar-refractivity contribution in [2.75, 3.05) is 0 Å². The first kappa shape index (κ1) is 35.7. The van der Waals surface area contributed by atoms with Gasteiger partial charge in [0, 0.05) is 11.8 Å². The first-order chi connectivity index (χ1) is 23.9. The number of benzene rings is 2. The van der Waals surface area contributed by atoms with Gasteiger partial charge in [0.25, 0.3) is 0 Å². The Hall–Kier alpha value is -5.20. The molecular formula is C48H50. The molecule has 2 aromatic carbocycles. The fourth-order valence-electron chi connectivity index (χ4n) is 5.50. The summed E-state index contributed by atoms with van der Waals surface area (Å²) < 4.78 is 0. The standard InChI is InChI=1S/C21H20.C21H22.C6H8/c1-2-4-9-13-21-17-19(14-15-20(21)12-8-3-1)16-18-10-6-5-7-11-18;1-2-4-6-8-11-15-20(16-12-9-7-5-3-1)19-21-17-13-10-14-18-21;1-2-4-6-5-3-1/h1-15,17,20-21H,16H2;1-15,17-18,20H,16,19H2;1-4H,5-6H2/b3-1-,4-2-,12-8+,13-9-;3-1-,4-2-,7-5+,8-6+,12-9+,15-11+;. The number of rotatable bonds is 4. The van der Waals surface area contributed by atoms with Crippen molar-refractivity contribution in [3.63, 3.8) is 0 Å². The monoisotopic (exact) mass is 626 g/mol. The van der Waals surface area contributed by atoms with Crippen LogP contribution in [0.1, 0.15) is 30.4 Å². The van der Waals surface area contributed by atoms with Crippen LogP contribution in [0.25, 0.3) is 0 Å². The Morgan fingerprint density at radius 3 is 1.46 bits per heavy atom. The normalized spacial score (nSPS) is 27.6. The van der Waals surface area contributed by atoms with Crippen molar-refractivity contribution in [3.8, 4) is 0 Å². The molecule has 0 saturated carbocycles. The molecule has 242 valence electrons. The van der Waals surface area contributed by atoms with Gasteiger partial charge in [-0.25, -0.2) is 0 Å². The number of fused-ring (bicyclic) bond motifs is 1. The molecule has 0 heterocycles. The average Bonchev–Trinajstić information content (AvgIpc) is 3.14. The van der Waals surface area contributed by atoms with E-state index in [0.717, 1.165) is 19.3 Å². The van der Waals surface area contributed by atoms with Crippen molar-refractivity contribution in [2.45, 2.75) is 32.1 Å². The maximum absolute atomic E-state index is 2.40. The molecule has 4 aliphatic rings. The van der Waals surface area contributed by atoms with Gasteiger partial charge in [-0.2, -0.15) is 0 Å². The summed E-state index contributed by atoms with van der Waals surface area (Å²) in [6.45, 7) is 0. The van der Waals surface area contributed by atoms with Gasteiger partial charge in [-0.05, 0) is 54.7 Å². The topological polar surface area (TPSA) is 0 Å². The molecule has 2 aromatic rings. The zero-order valence-electron chi connectivity index (χ0n) is 28.1. The summed E-state index contributed by atoms with van der Waals surface area (Å²) in [5.74, 6) is 1.43. The third-order valence-electron chi connectivity index (χ3n) is 8.04. The van der Waals surface area contributed by atoms with Crippen molar-refractivity contribution in [1.82, 2.24) is 0 Å². The van der Waals surface area contributed by atoms with Crippen LogP contribution in [0.15, 0.2) is 230 Å². The van der Waals surface area contributed by atoms with Crippen LogP contribution in [-0.4, -0.2) is 0 Å². The van der Waals surface area contributed by atoms with E-state index in [2.05, 4.69) is 200 Å². The van der Waals surface area contributed by atoms with E-state index in [-0.39, 0.29) is 0 Å². The van der Waals surface area contributed by atoms with Gasteiger partial charge in [-0.15, -0.1) is 0 Å². The average molecular weight is 627 g/mol. The van der Waals surface area contributed by atoms with E-state index in [1.54, 1.807) is 0 Å². The minimum absolute atomic E-state index is 0.445. The zero-order valence-corrected chi connectivity index (χ0v) is 28.1.